The van der Waals surface area contributed by atoms with E-state index in [4.69, 9.17) is 4.74 Å². The topological polar surface area (TPSA) is 87.7 Å². The number of methoxy groups -OCH3 is 1. The zero-order chi connectivity index (χ0) is 14.3. The molecule has 6 heteroatoms. The molecular formula is C13H18N2O4. The van der Waals surface area contributed by atoms with Crippen molar-refractivity contribution in [3.05, 3.63) is 35.9 Å². The lowest BCUT2D eigenvalue weighted by Crippen LogP contribution is -2.49. The molecule has 0 aromatic heterocycles. The molecule has 0 radical (unpaired) electrons. The summed E-state index contributed by atoms with van der Waals surface area (Å²) in [5, 5.41) is 14.7. The molecule has 0 fully saturated rings. The third-order valence-electron chi connectivity index (χ3n) is 2.42. The molecule has 3 N–H and O–H groups in total. The van der Waals surface area contributed by atoms with E-state index in [1.54, 1.807) is 24.3 Å². The normalized spacial score (nSPS) is 13.4. The summed E-state index contributed by atoms with van der Waals surface area (Å²) in [7, 11) is 1.43. The van der Waals surface area contributed by atoms with Gasteiger partial charge in [0.15, 0.2) is 6.23 Å². The second kappa shape index (κ2) is 7.50. The summed E-state index contributed by atoms with van der Waals surface area (Å²) < 4.78 is 4.86. The molecule has 0 bridgehead atoms. The maximum Gasteiger partial charge on any atom is 0.247 e. The van der Waals surface area contributed by atoms with Crippen LogP contribution in [0.1, 0.15) is 18.7 Å². The lowest BCUT2D eigenvalue weighted by molar-refractivity contribution is -0.131. The number of ether oxygens (including phenoxy) is 1. The van der Waals surface area contributed by atoms with E-state index < -0.39 is 18.2 Å². The lowest BCUT2D eigenvalue weighted by Gasteiger charge is -2.19. The van der Waals surface area contributed by atoms with E-state index in [1.807, 2.05) is 6.07 Å². The van der Waals surface area contributed by atoms with E-state index in [9.17, 15) is 14.7 Å². The molecule has 1 unspecified atom stereocenters. The summed E-state index contributed by atoms with van der Waals surface area (Å²) in [6, 6.07) is 7.86. The van der Waals surface area contributed by atoms with Crippen LogP contribution in [0.15, 0.2) is 30.3 Å². The van der Waals surface area contributed by atoms with E-state index in [2.05, 4.69) is 10.6 Å². The highest BCUT2D eigenvalue weighted by Gasteiger charge is 2.21. The Hall–Kier alpha value is -1.92. The van der Waals surface area contributed by atoms with Crippen LogP contribution in [0, 0.1) is 0 Å². The largest absolute Gasteiger partial charge is 0.382 e. The second-order valence-corrected chi connectivity index (χ2v) is 4.03. The van der Waals surface area contributed by atoms with Crippen molar-refractivity contribution in [2.24, 2.45) is 0 Å². The number of nitrogens with one attached hydrogen (secondary N) is 2. The van der Waals surface area contributed by atoms with Crippen molar-refractivity contribution in [1.82, 2.24) is 10.6 Å². The summed E-state index contributed by atoms with van der Waals surface area (Å²) in [6.07, 6.45) is -1.12. The van der Waals surface area contributed by atoms with Gasteiger partial charge in [0.2, 0.25) is 11.8 Å². The molecule has 6 nitrogen and oxygen atoms in total. The maximum absolute atomic E-state index is 11.9. The molecule has 1 aromatic rings. The molecule has 19 heavy (non-hydrogen) atoms. The standard InChI is InChI=1S/C13H18N2O4/c1-9(16)14-11(8-19-2)13(18)15-12(17)10-6-4-3-5-7-10/h3-7,11-12,17H,8H2,1-2H3,(H,14,16)(H,15,18)/t11-,12?/m1/s1. The molecule has 0 spiro atoms. The van der Waals surface area contributed by atoms with Crippen molar-refractivity contribution >= 4 is 11.8 Å². The number of carbonyl (C=O) groups excluding carboxylic acids is 2. The SMILES string of the molecule is COC[C@@H](NC(C)=O)C(=O)NC(O)c1ccccc1. The van der Waals surface area contributed by atoms with Crippen molar-refractivity contribution in [3.8, 4) is 0 Å². The first kappa shape index (κ1) is 15.1. The molecule has 2 amide bonds. The minimum Gasteiger partial charge on any atom is -0.382 e. The Morgan fingerprint density at radius 1 is 1.26 bits per heavy atom. The third-order valence-corrected chi connectivity index (χ3v) is 2.42. The predicted octanol–water partition coefficient (Wildman–Crippen LogP) is -0.0552. The zero-order valence-corrected chi connectivity index (χ0v) is 10.9. The number of rotatable bonds is 6. The van der Waals surface area contributed by atoms with Gasteiger partial charge >= 0.3 is 0 Å². The van der Waals surface area contributed by atoms with Gasteiger partial charge in [-0.05, 0) is 0 Å². The first-order valence-corrected chi connectivity index (χ1v) is 5.84. The summed E-state index contributed by atoms with van der Waals surface area (Å²) in [5.41, 5.74) is 0.565. The number of amides is 2. The fraction of sp³-hybridized carbons (Fsp3) is 0.385. The Morgan fingerprint density at radius 2 is 1.89 bits per heavy atom. The van der Waals surface area contributed by atoms with Gasteiger partial charge in [0.25, 0.3) is 0 Å². The van der Waals surface area contributed by atoms with Gasteiger partial charge in [0.1, 0.15) is 6.04 Å². The zero-order valence-electron chi connectivity index (χ0n) is 10.9. The van der Waals surface area contributed by atoms with Crippen molar-refractivity contribution < 1.29 is 19.4 Å². The molecule has 0 aliphatic heterocycles. The molecule has 104 valence electrons. The van der Waals surface area contributed by atoms with Crippen LogP contribution in [0.3, 0.4) is 0 Å². The van der Waals surface area contributed by atoms with E-state index >= 15 is 0 Å². The van der Waals surface area contributed by atoms with Crippen LogP contribution in [0.2, 0.25) is 0 Å². The monoisotopic (exact) mass is 266 g/mol. The lowest BCUT2D eigenvalue weighted by atomic mass is 10.2. The first-order valence-electron chi connectivity index (χ1n) is 5.84. The minimum atomic E-state index is -1.12. The fourth-order valence-electron chi connectivity index (χ4n) is 1.55. The highest BCUT2D eigenvalue weighted by Crippen LogP contribution is 2.08. The van der Waals surface area contributed by atoms with Crippen LogP contribution in [-0.2, 0) is 14.3 Å². The molecule has 0 heterocycles. The van der Waals surface area contributed by atoms with Crippen LogP contribution in [0.4, 0.5) is 0 Å². The van der Waals surface area contributed by atoms with Crippen LogP contribution >= 0.6 is 0 Å². The Kier molecular flexibility index (Phi) is 5.98. The van der Waals surface area contributed by atoms with Gasteiger partial charge < -0.3 is 20.5 Å². The number of benzene rings is 1. The van der Waals surface area contributed by atoms with Gasteiger partial charge in [-0.15, -0.1) is 0 Å². The van der Waals surface area contributed by atoms with E-state index in [0.717, 1.165) is 0 Å². The third kappa shape index (κ3) is 5.07. The molecule has 1 rings (SSSR count). The number of hydrogen-bond donors (Lipinski definition) is 3. The number of hydrogen-bond acceptors (Lipinski definition) is 4. The minimum absolute atomic E-state index is 0.0346. The highest BCUT2D eigenvalue weighted by atomic mass is 16.5. The summed E-state index contributed by atoms with van der Waals surface area (Å²) in [6.45, 7) is 1.34. The van der Waals surface area contributed by atoms with E-state index in [0.29, 0.717) is 5.56 Å². The average Bonchev–Trinajstić information content (AvgIpc) is 2.38. The van der Waals surface area contributed by atoms with Crippen molar-refractivity contribution in [2.45, 2.75) is 19.2 Å². The molecule has 0 saturated carbocycles. The smallest absolute Gasteiger partial charge is 0.247 e. The van der Waals surface area contributed by atoms with Crippen molar-refractivity contribution in [2.75, 3.05) is 13.7 Å². The van der Waals surface area contributed by atoms with Crippen LogP contribution in [0.25, 0.3) is 0 Å². The summed E-state index contributed by atoms with van der Waals surface area (Å²) in [4.78, 5) is 22.9. The number of aliphatic hydroxyl groups excluding tert-OH is 1. The van der Waals surface area contributed by atoms with Gasteiger partial charge in [-0.1, -0.05) is 30.3 Å². The number of aliphatic hydroxyl groups is 1. The average molecular weight is 266 g/mol. The van der Waals surface area contributed by atoms with Gasteiger partial charge in [-0.2, -0.15) is 0 Å². The van der Waals surface area contributed by atoms with Crippen LogP contribution < -0.4 is 10.6 Å². The molecular weight excluding hydrogens is 248 g/mol. The van der Waals surface area contributed by atoms with Crippen LogP contribution in [-0.4, -0.2) is 36.7 Å². The van der Waals surface area contributed by atoms with Crippen molar-refractivity contribution in [3.63, 3.8) is 0 Å². The van der Waals surface area contributed by atoms with Gasteiger partial charge in [0.05, 0.1) is 6.61 Å². The fourth-order valence-corrected chi connectivity index (χ4v) is 1.55. The van der Waals surface area contributed by atoms with Gasteiger partial charge in [-0.25, -0.2) is 0 Å². The quantitative estimate of drug-likeness (QED) is 0.630. The Labute approximate surface area is 111 Å². The summed E-state index contributed by atoms with van der Waals surface area (Å²) >= 11 is 0. The Bertz CT molecular complexity index is 422. The Morgan fingerprint density at radius 3 is 2.42 bits per heavy atom. The number of carbonyl (C=O) groups is 2. The first-order chi connectivity index (χ1) is 9.04. The molecule has 0 saturated heterocycles. The predicted molar refractivity (Wildman–Crippen MR) is 69.0 cm³/mol. The van der Waals surface area contributed by atoms with Gasteiger partial charge in [-0.3, -0.25) is 9.59 Å². The van der Waals surface area contributed by atoms with Crippen molar-refractivity contribution in [1.29, 1.82) is 0 Å². The van der Waals surface area contributed by atoms with Crippen LogP contribution in [0.5, 0.6) is 0 Å². The summed E-state index contributed by atoms with van der Waals surface area (Å²) in [5.74, 6) is -0.847. The molecule has 0 aliphatic carbocycles. The molecule has 0 aliphatic rings. The Balaban J connectivity index is 2.63. The maximum atomic E-state index is 11.9. The van der Waals surface area contributed by atoms with E-state index in [1.165, 1.54) is 14.0 Å². The second-order valence-electron chi connectivity index (χ2n) is 4.03. The van der Waals surface area contributed by atoms with Gasteiger partial charge in [0, 0.05) is 19.6 Å². The molecule has 2 atom stereocenters. The highest BCUT2D eigenvalue weighted by molar-refractivity contribution is 5.87. The van der Waals surface area contributed by atoms with E-state index in [-0.39, 0.29) is 12.5 Å². The molecule has 1 aromatic carbocycles.